The van der Waals surface area contributed by atoms with Crippen LogP contribution in [0.4, 0.5) is 0 Å². The second-order valence-electron chi connectivity index (χ2n) is 2.65. The van der Waals surface area contributed by atoms with E-state index in [0.29, 0.717) is 6.54 Å². The van der Waals surface area contributed by atoms with Crippen molar-refractivity contribution in [3.63, 3.8) is 0 Å². The summed E-state index contributed by atoms with van der Waals surface area (Å²) in [5, 5.41) is 11.0. The first-order valence-corrected chi connectivity index (χ1v) is 4.18. The Kier molecular flexibility index (Phi) is 3.98. The molecule has 0 aliphatic heterocycles. The van der Waals surface area contributed by atoms with Gasteiger partial charge < -0.3 is 15.4 Å². The van der Waals surface area contributed by atoms with Crippen LogP contribution in [-0.2, 0) is 11.2 Å². The third-order valence-corrected chi connectivity index (χ3v) is 1.61. The van der Waals surface area contributed by atoms with E-state index in [2.05, 4.69) is 15.3 Å². The quantitative estimate of drug-likeness (QED) is 0.536. The van der Waals surface area contributed by atoms with E-state index >= 15 is 0 Å². The normalized spacial score (nSPS) is 9.92. The van der Waals surface area contributed by atoms with Gasteiger partial charge in [0.1, 0.15) is 12.4 Å². The van der Waals surface area contributed by atoms with Gasteiger partial charge in [-0.05, 0) is 6.42 Å². The molecular weight excluding hydrogens is 170 g/mol. The Labute approximate surface area is 76.2 Å². The van der Waals surface area contributed by atoms with Crippen molar-refractivity contribution < 1.29 is 9.90 Å². The summed E-state index contributed by atoms with van der Waals surface area (Å²) in [5.74, 6) is 0.581. The van der Waals surface area contributed by atoms with E-state index in [1.165, 1.54) is 0 Å². The van der Waals surface area contributed by atoms with Crippen LogP contribution in [0.1, 0.15) is 12.2 Å². The maximum Gasteiger partial charge on any atom is 0.245 e. The number of hydrogen-bond donors (Lipinski definition) is 3. The van der Waals surface area contributed by atoms with Crippen molar-refractivity contribution in [2.24, 2.45) is 0 Å². The molecule has 0 aliphatic rings. The summed E-state index contributed by atoms with van der Waals surface area (Å²) in [6.07, 6.45) is 5.08. The molecule has 0 radical (unpaired) electrons. The van der Waals surface area contributed by atoms with Gasteiger partial charge in [0.05, 0.1) is 0 Å². The molecule has 13 heavy (non-hydrogen) atoms. The van der Waals surface area contributed by atoms with E-state index in [0.717, 1.165) is 18.7 Å². The fraction of sp³-hybridized carbons (Fsp3) is 0.500. The standard InChI is InChI=1S/C8H13N3O2/c12-6-8(13)11-3-1-2-7-9-4-5-10-7/h4-5,12H,1-3,6H2,(H,9,10)(H,11,13). The number of aromatic amines is 1. The Morgan fingerprint density at radius 3 is 3.15 bits per heavy atom. The molecule has 0 aliphatic carbocycles. The molecule has 0 spiro atoms. The third-order valence-electron chi connectivity index (χ3n) is 1.61. The zero-order valence-corrected chi connectivity index (χ0v) is 7.29. The fourth-order valence-corrected chi connectivity index (χ4v) is 0.974. The van der Waals surface area contributed by atoms with Crippen LogP contribution >= 0.6 is 0 Å². The number of carbonyl (C=O) groups excluding carboxylic acids is 1. The van der Waals surface area contributed by atoms with Gasteiger partial charge in [0.15, 0.2) is 0 Å². The van der Waals surface area contributed by atoms with E-state index in [4.69, 9.17) is 5.11 Å². The largest absolute Gasteiger partial charge is 0.387 e. The zero-order chi connectivity index (χ0) is 9.52. The SMILES string of the molecule is O=C(CO)NCCCc1ncc[nH]1. The first-order chi connectivity index (χ1) is 6.33. The van der Waals surface area contributed by atoms with E-state index < -0.39 is 6.61 Å². The summed E-state index contributed by atoms with van der Waals surface area (Å²) in [7, 11) is 0. The van der Waals surface area contributed by atoms with Crippen LogP contribution in [0.25, 0.3) is 0 Å². The van der Waals surface area contributed by atoms with Crippen molar-refractivity contribution in [3.05, 3.63) is 18.2 Å². The Balaban J connectivity index is 2.05. The van der Waals surface area contributed by atoms with E-state index in [1.807, 2.05) is 0 Å². The van der Waals surface area contributed by atoms with Crippen molar-refractivity contribution in [1.82, 2.24) is 15.3 Å². The molecule has 3 N–H and O–H groups in total. The molecule has 0 saturated carbocycles. The van der Waals surface area contributed by atoms with E-state index in [9.17, 15) is 4.79 Å². The summed E-state index contributed by atoms with van der Waals surface area (Å²) in [6.45, 7) is 0.126. The topological polar surface area (TPSA) is 78.0 Å². The molecule has 0 unspecified atom stereocenters. The molecule has 5 nitrogen and oxygen atoms in total. The number of aryl methyl sites for hydroxylation is 1. The predicted octanol–water partition coefficient (Wildman–Crippen LogP) is -0.549. The lowest BCUT2D eigenvalue weighted by atomic mass is 10.3. The van der Waals surface area contributed by atoms with Crippen molar-refractivity contribution >= 4 is 5.91 Å². The van der Waals surface area contributed by atoms with Gasteiger partial charge in [0.25, 0.3) is 0 Å². The summed E-state index contributed by atoms with van der Waals surface area (Å²) < 4.78 is 0. The van der Waals surface area contributed by atoms with Crippen LogP contribution < -0.4 is 5.32 Å². The number of rotatable bonds is 5. The zero-order valence-electron chi connectivity index (χ0n) is 7.29. The molecule has 5 heteroatoms. The molecule has 1 rings (SSSR count). The van der Waals surface area contributed by atoms with Crippen molar-refractivity contribution in [2.45, 2.75) is 12.8 Å². The molecular formula is C8H13N3O2. The third kappa shape index (κ3) is 3.71. The predicted molar refractivity (Wildman–Crippen MR) is 47.0 cm³/mol. The average Bonchev–Trinajstić information content (AvgIpc) is 2.64. The highest BCUT2D eigenvalue weighted by Gasteiger charge is 1.97. The number of nitrogens with one attached hydrogen (secondary N) is 2. The van der Waals surface area contributed by atoms with Crippen LogP contribution in [-0.4, -0.2) is 34.1 Å². The molecule has 1 aromatic heterocycles. The molecule has 0 saturated heterocycles. The number of aromatic nitrogens is 2. The lowest BCUT2D eigenvalue weighted by Gasteiger charge is -2.00. The molecule has 0 aromatic carbocycles. The van der Waals surface area contributed by atoms with Crippen LogP contribution in [0.15, 0.2) is 12.4 Å². The molecule has 0 atom stereocenters. The maximum absolute atomic E-state index is 10.6. The molecule has 1 heterocycles. The van der Waals surface area contributed by atoms with Crippen LogP contribution in [0.5, 0.6) is 0 Å². The number of nitrogens with zero attached hydrogens (tertiary/aromatic N) is 1. The van der Waals surface area contributed by atoms with Crippen molar-refractivity contribution in [1.29, 1.82) is 0 Å². The summed E-state index contributed by atoms with van der Waals surface area (Å²) in [6, 6.07) is 0. The lowest BCUT2D eigenvalue weighted by Crippen LogP contribution is -2.27. The Morgan fingerprint density at radius 1 is 1.69 bits per heavy atom. The maximum atomic E-state index is 10.6. The second-order valence-corrected chi connectivity index (χ2v) is 2.65. The average molecular weight is 183 g/mol. The van der Waals surface area contributed by atoms with Crippen LogP contribution in [0.2, 0.25) is 0 Å². The number of aliphatic hydroxyl groups is 1. The Morgan fingerprint density at radius 2 is 2.54 bits per heavy atom. The molecule has 72 valence electrons. The first kappa shape index (κ1) is 9.73. The molecule has 0 fully saturated rings. The minimum atomic E-state index is -0.444. The van der Waals surface area contributed by atoms with Gasteiger partial charge in [-0.25, -0.2) is 4.98 Å². The monoisotopic (exact) mass is 183 g/mol. The van der Waals surface area contributed by atoms with Gasteiger partial charge in [0.2, 0.25) is 5.91 Å². The number of hydrogen-bond acceptors (Lipinski definition) is 3. The first-order valence-electron chi connectivity index (χ1n) is 4.18. The Hall–Kier alpha value is -1.36. The van der Waals surface area contributed by atoms with Crippen molar-refractivity contribution in [2.75, 3.05) is 13.2 Å². The molecule has 1 aromatic rings. The highest BCUT2D eigenvalue weighted by molar-refractivity contribution is 5.76. The smallest absolute Gasteiger partial charge is 0.245 e. The number of imidazole rings is 1. The lowest BCUT2D eigenvalue weighted by molar-refractivity contribution is -0.123. The van der Waals surface area contributed by atoms with Crippen LogP contribution in [0, 0.1) is 0 Å². The van der Waals surface area contributed by atoms with Gasteiger partial charge >= 0.3 is 0 Å². The summed E-state index contributed by atoms with van der Waals surface area (Å²) >= 11 is 0. The number of amides is 1. The highest BCUT2D eigenvalue weighted by Crippen LogP contribution is 1.92. The Bertz CT molecular complexity index is 246. The molecule has 1 amide bonds. The van der Waals surface area contributed by atoms with E-state index in [-0.39, 0.29) is 5.91 Å². The summed E-state index contributed by atoms with van der Waals surface area (Å²) in [4.78, 5) is 17.6. The molecule has 0 bridgehead atoms. The van der Waals surface area contributed by atoms with E-state index in [1.54, 1.807) is 12.4 Å². The summed E-state index contributed by atoms with van der Waals surface area (Å²) in [5.41, 5.74) is 0. The fourth-order valence-electron chi connectivity index (χ4n) is 0.974. The number of H-pyrrole nitrogens is 1. The minimum absolute atomic E-state index is 0.334. The number of carbonyl (C=O) groups is 1. The van der Waals surface area contributed by atoms with Crippen molar-refractivity contribution in [3.8, 4) is 0 Å². The van der Waals surface area contributed by atoms with Gasteiger partial charge in [-0.15, -0.1) is 0 Å². The minimum Gasteiger partial charge on any atom is -0.387 e. The van der Waals surface area contributed by atoms with Gasteiger partial charge in [-0.1, -0.05) is 0 Å². The second kappa shape index (κ2) is 5.31. The van der Waals surface area contributed by atoms with Gasteiger partial charge in [0, 0.05) is 25.4 Å². The van der Waals surface area contributed by atoms with Gasteiger partial charge in [-0.3, -0.25) is 4.79 Å². The number of aliphatic hydroxyl groups excluding tert-OH is 1. The van der Waals surface area contributed by atoms with Crippen LogP contribution in [0.3, 0.4) is 0 Å². The highest BCUT2D eigenvalue weighted by atomic mass is 16.3. The van der Waals surface area contributed by atoms with Gasteiger partial charge in [-0.2, -0.15) is 0 Å².